The average Bonchev–Trinajstić information content (AvgIpc) is 2.99. The summed E-state index contributed by atoms with van der Waals surface area (Å²) in [5.41, 5.74) is 1.43. The number of benzene rings is 1. The highest BCUT2D eigenvalue weighted by Crippen LogP contribution is 2.16. The first kappa shape index (κ1) is 15.0. The van der Waals surface area contributed by atoms with Crippen LogP contribution in [0.1, 0.15) is 17.3 Å². The van der Waals surface area contributed by atoms with E-state index in [1.54, 1.807) is 19.2 Å². The number of ether oxygens (including phenoxy) is 1. The van der Waals surface area contributed by atoms with Crippen molar-refractivity contribution in [3.63, 3.8) is 0 Å². The molecule has 0 saturated carbocycles. The Bertz CT molecular complexity index is 774. The summed E-state index contributed by atoms with van der Waals surface area (Å²) in [5, 5.41) is 6.78. The summed E-state index contributed by atoms with van der Waals surface area (Å²) < 4.78 is 23.9. The number of hydrogen-bond donors (Lipinski definition) is 1. The smallest absolute Gasteiger partial charge is 0.223 e. The van der Waals surface area contributed by atoms with Crippen molar-refractivity contribution in [1.29, 1.82) is 0 Å². The zero-order chi connectivity index (χ0) is 16.1. The van der Waals surface area contributed by atoms with Crippen molar-refractivity contribution in [2.45, 2.75) is 20.1 Å². The van der Waals surface area contributed by atoms with Gasteiger partial charge in [-0.1, -0.05) is 17.3 Å². The molecule has 0 aliphatic carbocycles. The van der Waals surface area contributed by atoms with Crippen molar-refractivity contribution in [3.05, 3.63) is 65.8 Å². The fourth-order valence-electron chi connectivity index (χ4n) is 1.97. The van der Waals surface area contributed by atoms with Crippen molar-refractivity contribution in [3.8, 4) is 5.75 Å². The number of anilines is 1. The first-order chi connectivity index (χ1) is 11.2. The minimum Gasteiger partial charge on any atom is -0.485 e. The van der Waals surface area contributed by atoms with Gasteiger partial charge in [0.2, 0.25) is 11.7 Å². The SMILES string of the molecule is Cc1nc(COc2ccc(CNc3ccncc3F)cc2)no1. The maximum Gasteiger partial charge on any atom is 0.223 e. The molecule has 0 unspecified atom stereocenters. The molecule has 23 heavy (non-hydrogen) atoms. The highest BCUT2D eigenvalue weighted by molar-refractivity contribution is 5.43. The summed E-state index contributed by atoms with van der Waals surface area (Å²) in [6.07, 6.45) is 2.72. The lowest BCUT2D eigenvalue weighted by Gasteiger charge is -2.08. The third-order valence-electron chi connectivity index (χ3n) is 3.12. The molecule has 2 aromatic heterocycles. The fourth-order valence-corrected chi connectivity index (χ4v) is 1.97. The van der Waals surface area contributed by atoms with Crippen molar-refractivity contribution < 1.29 is 13.7 Å². The lowest BCUT2D eigenvalue weighted by Crippen LogP contribution is -2.02. The van der Waals surface area contributed by atoms with Gasteiger partial charge in [-0.2, -0.15) is 4.98 Å². The lowest BCUT2D eigenvalue weighted by molar-refractivity contribution is 0.285. The first-order valence-corrected chi connectivity index (χ1v) is 7.05. The van der Waals surface area contributed by atoms with Gasteiger partial charge >= 0.3 is 0 Å². The maximum atomic E-state index is 13.5. The lowest BCUT2D eigenvalue weighted by atomic mass is 10.2. The quantitative estimate of drug-likeness (QED) is 0.753. The number of pyridine rings is 1. The van der Waals surface area contributed by atoms with Gasteiger partial charge in [-0.25, -0.2) is 4.39 Å². The van der Waals surface area contributed by atoms with Crippen LogP contribution in [-0.4, -0.2) is 15.1 Å². The van der Waals surface area contributed by atoms with E-state index in [1.165, 1.54) is 6.20 Å². The van der Waals surface area contributed by atoms with Crippen LogP contribution in [-0.2, 0) is 13.2 Å². The zero-order valence-electron chi connectivity index (χ0n) is 12.5. The van der Waals surface area contributed by atoms with Crippen molar-refractivity contribution in [2.75, 3.05) is 5.32 Å². The number of nitrogens with zero attached hydrogens (tertiary/aromatic N) is 3. The summed E-state index contributed by atoms with van der Waals surface area (Å²) in [7, 11) is 0. The van der Waals surface area contributed by atoms with Crippen LogP contribution in [0.25, 0.3) is 0 Å². The fraction of sp³-hybridized carbons (Fsp3) is 0.188. The van der Waals surface area contributed by atoms with Gasteiger partial charge < -0.3 is 14.6 Å². The molecule has 0 saturated heterocycles. The van der Waals surface area contributed by atoms with Gasteiger partial charge in [-0.15, -0.1) is 0 Å². The van der Waals surface area contributed by atoms with E-state index in [1.807, 2.05) is 24.3 Å². The van der Waals surface area contributed by atoms with Crippen LogP contribution < -0.4 is 10.1 Å². The molecule has 6 nitrogen and oxygen atoms in total. The van der Waals surface area contributed by atoms with Gasteiger partial charge in [0.05, 0.1) is 11.9 Å². The van der Waals surface area contributed by atoms with Gasteiger partial charge in [0.15, 0.2) is 12.4 Å². The predicted molar refractivity (Wildman–Crippen MR) is 81.3 cm³/mol. The van der Waals surface area contributed by atoms with Crippen LogP contribution in [0.4, 0.5) is 10.1 Å². The number of rotatable bonds is 6. The third-order valence-corrected chi connectivity index (χ3v) is 3.12. The Morgan fingerprint density at radius 2 is 2.04 bits per heavy atom. The molecule has 0 aliphatic heterocycles. The molecular formula is C16H15FN4O2. The molecule has 1 aromatic carbocycles. The Morgan fingerprint density at radius 3 is 2.74 bits per heavy atom. The summed E-state index contributed by atoms with van der Waals surface area (Å²) >= 11 is 0. The molecule has 0 radical (unpaired) electrons. The van der Waals surface area contributed by atoms with Gasteiger partial charge in [-0.05, 0) is 23.8 Å². The molecule has 118 valence electrons. The van der Waals surface area contributed by atoms with Crippen LogP contribution in [0.15, 0.2) is 47.2 Å². The van der Waals surface area contributed by atoms with Crippen LogP contribution in [0.2, 0.25) is 0 Å². The summed E-state index contributed by atoms with van der Waals surface area (Å²) in [6, 6.07) is 9.09. The molecule has 3 aromatic rings. The molecule has 7 heteroatoms. The molecule has 1 N–H and O–H groups in total. The average molecular weight is 314 g/mol. The second-order valence-electron chi connectivity index (χ2n) is 4.87. The zero-order valence-corrected chi connectivity index (χ0v) is 12.5. The number of aromatic nitrogens is 3. The molecule has 0 fully saturated rings. The Hall–Kier alpha value is -2.96. The van der Waals surface area contributed by atoms with Gasteiger partial charge in [0.1, 0.15) is 5.75 Å². The molecule has 0 bridgehead atoms. The van der Waals surface area contributed by atoms with Crippen molar-refractivity contribution >= 4 is 5.69 Å². The van der Waals surface area contributed by atoms with Crippen LogP contribution >= 0.6 is 0 Å². The number of nitrogens with one attached hydrogen (secondary N) is 1. The van der Waals surface area contributed by atoms with Gasteiger partial charge in [0, 0.05) is 19.7 Å². The first-order valence-electron chi connectivity index (χ1n) is 7.05. The van der Waals surface area contributed by atoms with E-state index in [4.69, 9.17) is 9.26 Å². The Balaban J connectivity index is 1.53. The predicted octanol–water partition coefficient (Wildman–Crippen LogP) is 3.10. The number of halogens is 1. The third kappa shape index (κ3) is 4.03. The molecule has 2 heterocycles. The Labute approximate surface area is 132 Å². The Morgan fingerprint density at radius 1 is 1.22 bits per heavy atom. The van der Waals surface area contributed by atoms with Crippen molar-refractivity contribution in [2.24, 2.45) is 0 Å². The van der Waals surface area contributed by atoms with E-state index in [2.05, 4.69) is 20.4 Å². The molecule has 0 amide bonds. The second kappa shape index (κ2) is 6.87. The highest BCUT2D eigenvalue weighted by atomic mass is 19.1. The monoisotopic (exact) mass is 314 g/mol. The number of hydrogen-bond acceptors (Lipinski definition) is 6. The minimum absolute atomic E-state index is 0.247. The van der Waals surface area contributed by atoms with Gasteiger partial charge in [-0.3, -0.25) is 4.98 Å². The highest BCUT2D eigenvalue weighted by Gasteiger charge is 2.04. The summed E-state index contributed by atoms with van der Waals surface area (Å²) in [6.45, 7) is 2.48. The minimum atomic E-state index is -0.372. The van der Waals surface area contributed by atoms with E-state index >= 15 is 0 Å². The normalized spacial score (nSPS) is 10.5. The second-order valence-corrected chi connectivity index (χ2v) is 4.87. The van der Waals surface area contributed by atoms with E-state index in [9.17, 15) is 4.39 Å². The Kier molecular flexibility index (Phi) is 4.46. The topological polar surface area (TPSA) is 73.1 Å². The standard InChI is InChI=1S/C16H15FN4O2/c1-11-20-16(21-23-11)10-22-13-4-2-12(3-5-13)8-19-15-6-7-18-9-14(15)17/h2-7,9H,8,10H2,1H3,(H,18,19). The van der Waals surface area contributed by atoms with E-state index < -0.39 is 0 Å². The van der Waals surface area contributed by atoms with Crippen LogP contribution in [0.3, 0.4) is 0 Å². The summed E-state index contributed by atoms with van der Waals surface area (Å²) in [5.74, 6) is 1.34. The molecule has 0 aliphatic rings. The maximum absolute atomic E-state index is 13.5. The van der Waals surface area contributed by atoms with E-state index in [-0.39, 0.29) is 12.4 Å². The molecule has 3 rings (SSSR count). The number of aryl methyl sites for hydroxylation is 1. The van der Waals surface area contributed by atoms with Crippen molar-refractivity contribution in [1.82, 2.24) is 15.1 Å². The molecular weight excluding hydrogens is 299 g/mol. The van der Waals surface area contributed by atoms with Gasteiger partial charge in [0.25, 0.3) is 0 Å². The largest absolute Gasteiger partial charge is 0.485 e. The summed E-state index contributed by atoms with van der Waals surface area (Å²) in [4.78, 5) is 7.77. The van der Waals surface area contributed by atoms with Crippen LogP contribution in [0.5, 0.6) is 5.75 Å². The van der Waals surface area contributed by atoms with Crippen LogP contribution in [0, 0.1) is 12.7 Å². The van der Waals surface area contributed by atoms with E-state index in [0.717, 1.165) is 5.56 Å². The molecule has 0 atom stereocenters. The van der Waals surface area contributed by atoms with E-state index in [0.29, 0.717) is 29.7 Å². The molecule has 0 spiro atoms.